The van der Waals surface area contributed by atoms with Crippen molar-refractivity contribution in [2.24, 2.45) is 0 Å². The third kappa shape index (κ3) is 4.10. The summed E-state index contributed by atoms with van der Waals surface area (Å²) in [5.74, 6) is 0.263. The van der Waals surface area contributed by atoms with Gasteiger partial charge in [0.2, 0.25) is 5.91 Å². The fourth-order valence-electron chi connectivity index (χ4n) is 1.74. The van der Waals surface area contributed by atoms with Crippen LogP contribution in [0.15, 0.2) is 53.4 Å². The third-order valence-electron chi connectivity index (χ3n) is 2.84. The van der Waals surface area contributed by atoms with E-state index in [0.29, 0.717) is 17.1 Å². The molecule has 2 aromatic carbocycles. The van der Waals surface area contributed by atoms with E-state index in [4.69, 9.17) is 0 Å². The molecule has 0 saturated heterocycles. The van der Waals surface area contributed by atoms with Gasteiger partial charge in [0, 0.05) is 22.8 Å². The average molecular weight is 289 g/mol. The molecule has 20 heavy (non-hydrogen) atoms. The van der Waals surface area contributed by atoms with Gasteiger partial charge < -0.3 is 5.32 Å². The van der Waals surface area contributed by atoms with Gasteiger partial charge in [0.1, 0.15) is 5.82 Å². The highest BCUT2D eigenvalue weighted by molar-refractivity contribution is 7.99. The van der Waals surface area contributed by atoms with Gasteiger partial charge in [0.05, 0.1) is 0 Å². The number of anilines is 1. The predicted octanol–water partition coefficient (Wildman–Crippen LogP) is 4.26. The summed E-state index contributed by atoms with van der Waals surface area (Å²) in [4.78, 5) is 12.4. The van der Waals surface area contributed by atoms with Crippen molar-refractivity contribution in [3.8, 4) is 0 Å². The fourth-order valence-corrected chi connectivity index (χ4v) is 2.63. The van der Waals surface area contributed by atoms with E-state index in [2.05, 4.69) is 5.32 Å². The molecule has 0 spiro atoms. The van der Waals surface area contributed by atoms with Crippen molar-refractivity contribution in [1.29, 1.82) is 0 Å². The molecular weight excluding hydrogens is 273 g/mol. The van der Waals surface area contributed by atoms with Gasteiger partial charge in [-0.15, -0.1) is 11.8 Å². The number of aryl methyl sites for hydroxylation is 1. The molecule has 0 radical (unpaired) electrons. The zero-order valence-corrected chi connectivity index (χ0v) is 12.0. The number of amides is 1. The van der Waals surface area contributed by atoms with Crippen LogP contribution in [0.2, 0.25) is 0 Å². The Labute approximate surface area is 122 Å². The Morgan fingerprint density at radius 1 is 1.15 bits per heavy atom. The Morgan fingerprint density at radius 3 is 2.60 bits per heavy atom. The Kier molecular flexibility index (Phi) is 5.18. The number of hydrogen-bond donors (Lipinski definition) is 1. The van der Waals surface area contributed by atoms with Crippen LogP contribution < -0.4 is 5.32 Å². The summed E-state index contributed by atoms with van der Waals surface area (Å²) in [5, 5.41) is 2.87. The molecule has 1 N–H and O–H groups in total. The number of carbonyl (C=O) groups excluding carboxylic acids is 1. The number of thioether (sulfide) groups is 1. The first-order chi connectivity index (χ1) is 9.66. The van der Waals surface area contributed by atoms with Crippen LogP contribution in [0, 0.1) is 12.7 Å². The maximum Gasteiger partial charge on any atom is 0.225 e. The largest absolute Gasteiger partial charge is 0.326 e. The Bertz CT molecular complexity index is 601. The van der Waals surface area contributed by atoms with Gasteiger partial charge in [-0.1, -0.05) is 30.3 Å². The minimum Gasteiger partial charge on any atom is -0.326 e. The van der Waals surface area contributed by atoms with Crippen LogP contribution in [0.1, 0.15) is 12.0 Å². The monoisotopic (exact) mass is 289 g/mol. The topological polar surface area (TPSA) is 29.1 Å². The van der Waals surface area contributed by atoms with Crippen molar-refractivity contribution in [3.05, 3.63) is 59.9 Å². The van der Waals surface area contributed by atoms with Crippen molar-refractivity contribution < 1.29 is 9.18 Å². The summed E-state index contributed by atoms with van der Waals surface area (Å²) >= 11 is 1.35. The zero-order valence-electron chi connectivity index (χ0n) is 11.2. The number of halogens is 1. The van der Waals surface area contributed by atoms with E-state index >= 15 is 0 Å². The standard InChI is InChI=1S/C16H16FNOS/c1-12-6-2-4-8-14(12)18-16(19)10-11-20-15-9-5-3-7-13(15)17/h2-9H,10-11H2,1H3,(H,18,19). The second-order valence-corrected chi connectivity index (χ2v) is 5.53. The summed E-state index contributed by atoms with van der Waals surface area (Å²) < 4.78 is 13.4. The maximum atomic E-state index is 13.4. The average Bonchev–Trinajstić information content (AvgIpc) is 2.43. The SMILES string of the molecule is Cc1ccccc1NC(=O)CCSc1ccccc1F. The number of hydrogen-bond acceptors (Lipinski definition) is 2. The molecule has 0 bridgehead atoms. The third-order valence-corrected chi connectivity index (χ3v) is 3.89. The molecule has 4 heteroatoms. The van der Waals surface area contributed by atoms with Crippen LogP contribution in [-0.2, 0) is 4.79 Å². The summed E-state index contributed by atoms with van der Waals surface area (Å²) in [6, 6.07) is 14.2. The minimum atomic E-state index is -0.239. The lowest BCUT2D eigenvalue weighted by Gasteiger charge is -2.08. The summed E-state index contributed by atoms with van der Waals surface area (Å²) in [6.07, 6.45) is 0.354. The van der Waals surface area contributed by atoms with Crippen LogP contribution in [0.5, 0.6) is 0 Å². The molecule has 2 rings (SSSR count). The first-order valence-electron chi connectivity index (χ1n) is 6.39. The molecule has 0 fully saturated rings. The van der Waals surface area contributed by atoms with Gasteiger partial charge in [-0.2, -0.15) is 0 Å². The summed E-state index contributed by atoms with van der Waals surface area (Å²) in [5.41, 5.74) is 1.86. The Morgan fingerprint density at radius 2 is 1.85 bits per heavy atom. The highest BCUT2D eigenvalue weighted by atomic mass is 32.2. The van der Waals surface area contributed by atoms with Gasteiger partial charge in [-0.25, -0.2) is 4.39 Å². The predicted molar refractivity (Wildman–Crippen MR) is 81.5 cm³/mol. The van der Waals surface area contributed by atoms with E-state index in [1.54, 1.807) is 18.2 Å². The van der Waals surface area contributed by atoms with Gasteiger partial charge in [-0.05, 0) is 30.7 Å². The molecule has 0 aromatic heterocycles. The van der Waals surface area contributed by atoms with E-state index in [0.717, 1.165) is 11.3 Å². The smallest absolute Gasteiger partial charge is 0.225 e. The lowest BCUT2D eigenvalue weighted by Crippen LogP contribution is -2.12. The van der Waals surface area contributed by atoms with Crippen LogP contribution in [-0.4, -0.2) is 11.7 Å². The van der Waals surface area contributed by atoms with E-state index in [1.807, 2.05) is 31.2 Å². The number of carbonyl (C=O) groups is 1. The number of benzene rings is 2. The second-order valence-electron chi connectivity index (χ2n) is 4.39. The maximum absolute atomic E-state index is 13.4. The van der Waals surface area contributed by atoms with Crippen molar-refractivity contribution in [3.63, 3.8) is 0 Å². The number of nitrogens with one attached hydrogen (secondary N) is 1. The molecule has 0 unspecified atom stereocenters. The van der Waals surface area contributed by atoms with E-state index in [9.17, 15) is 9.18 Å². The molecule has 0 saturated carbocycles. The van der Waals surface area contributed by atoms with Crippen LogP contribution >= 0.6 is 11.8 Å². The number of rotatable bonds is 5. The molecule has 0 aliphatic heterocycles. The van der Waals surface area contributed by atoms with Crippen molar-refractivity contribution in [1.82, 2.24) is 0 Å². The molecule has 2 nitrogen and oxygen atoms in total. The summed E-state index contributed by atoms with van der Waals surface area (Å²) in [7, 11) is 0. The number of para-hydroxylation sites is 1. The Balaban J connectivity index is 1.82. The minimum absolute atomic E-state index is 0.0526. The van der Waals surface area contributed by atoms with Gasteiger partial charge in [0.25, 0.3) is 0 Å². The molecule has 0 heterocycles. The molecule has 2 aromatic rings. The van der Waals surface area contributed by atoms with Crippen LogP contribution in [0.3, 0.4) is 0 Å². The molecule has 0 aliphatic carbocycles. The second kappa shape index (κ2) is 7.10. The highest BCUT2D eigenvalue weighted by Gasteiger charge is 2.06. The molecule has 0 atom stereocenters. The normalized spacial score (nSPS) is 10.3. The fraction of sp³-hybridized carbons (Fsp3) is 0.188. The van der Waals surface area contributed by atoms with Crippen molar-refractivity contribution in [2.75, 3.05) is 11.1 Å². The quantitative estimate of drug-likeness (QED) is 0.833. The van der Waals surface area contributed by atoms with Crippen molar-refractivity contribution >= 4 is 23.4 Å². The van der Waals surface area contributed by atoms with E-state index in [1.165, 1.54) is 17.8 Å². The molecule has 0 aliphatic rings. The van der Waals surface area contributed by atoms with Gasteiger partial charge >= 0.3 is 0 Å². The molecule has 1 amide bonds. The summed E-state index contributed by atoms with van der Waals surface area (Å²) in [6.45, 7) is 1.95. The first-order valence-corrected chi connectivity index (χ1v) is 7.38. The van der Waals surface area contributed by atoms with E-state index in [-0.39, 0.29) is 11.7 Å². The molecule has 104 valence electrons. The van der Waals surface area contributed by atoms with Crippen LogP contribution in [0.25, 0.3) is 0 Å². The Hall–Kier alpha value is -1.81. The van der Waals surface area contributed by atoms with Gasteiger partial charge in [-0.3, -0.25) is 4.79 Å². The van der Waals surface area contributed by atoms with Crippen LogP contribution in [0.4, 0.5) is 10.1 Å². The van der Waals surface area contributed by atoms with E-state index < -0.39 is 0 Å². The zero-order chi connectivity index (χ0) is 14.4. The first kappa shape index (κ1) is 14.6. The lowest BCUT2D eigenvalue weighted by atomic mass is 10.2. The van der Waals surface area contributed by atoms with Gasteiger partial charge in [0.15, 0.2) is 0 Å². The highest BCUT2D eigenvalue weighted by Crippen LogP contribution is 2.22. The molecular formula is C16H16FNOS. The van der Waals surface area contributed by atoms with Crippen molar-refractivity contribution in [2.45, 2.75) is 18.2 Å². The lowest BCUT2D eigenvalue weighted by molar-refractivity contribution is -0.115.